The predicted molar refractivity (Wildman–Crippen MR) is 96.1 cm³/mol. The van der Waals surface area contributed by atoms with Gasteiger partial charge in [-0.1, -0.05) is 44.2 Å². The van der Waals surface area contributed by atoms with Gasteiger partial charge in [0.15, 0.2) is 0 Å². The van der Waals surface area contributed by atoms with Gasteiger partial charge in [0.25, 0.3) is 0 Å². The van der Waals surface area contributed by atoms with Crippen LogP contribution in [0.3, 0.4) is 0 Å². The Morgan fingerprint density at radius 2 is 1.75 bits per heavy atom. The van der Waals surface area contributed by atoms with Gasteiger partial charge >= 0.3 is 0 Å². The van der Waals surface area contributed by atoms with E-state index in [1.807, 2.05) is 54.6 Å². The van der Waals surface area contributed by atoms with E-state index < -0.39 is 6.04 Å². The molecular weight excluding hydrogens is 300 g/mol. The molecule has 2 amide bonds. The third kappa shape index (κ3) is 3.32. The molecule has 1 unspecified atom stereocenters. The fraction of sp³-hybridized carbons (Fsp3) is 0.300. The van der Waals surface area contributed by atoms with Crippen molar-refractivity contribution in [2.24, 2.45) is 0 Å². The molecule has 2 aromatic rings. The Morgan fingerprint density at radius 3 is 2.38 bits per heavy atom. The molecule has 4 nitrogen and oxygen atoms in total. The lowest BCUT2D eigenvalue weighted by Gasteiger charge is -2.24. The van der Waals surface area contributed by atoms with Crippen LogP contribution in [0.25, 0.3) is 0 Å². The number of nitrogens with one attached hydrogen (secondary N) is 1. The van der Waals surface area contributed by atoms with Crippen molar-refractivity contribution in [2.75, 3.05) is 10.2 Å². The Labute approximate surface area is 142 Å². The summed E-state index contributed by atoms with van der Waals surface area (Å²) in [5.41, 5.74) is 2.77. The van der Waals surface area contributed by atoms with E-state index in [1.54, 1.807) is 4.90 Å². The van der Waals surface area contributed by atoms with Gasteiger partial charge in [-0.3, -0.25) is 14.5 Å². The molecule has 2 aromatic carbocycles. The smallest absolute Gasteiger partial charge is 0.247 e. The Morgan fingerprint density at radius 1 is 1.08 bits per heavy atom. The third-order valence-corrected chi connectivity index (χ3v) is 4.39. The maximum absolute atomic E-state index is 12.7. The highest BCUT2D eigenvalue weighted by Crippen LogP contribution is 2.27. The molecule has 1 aliphatic rings. The molecule has 1 N–H and O–H groups in total. The van der Waals surface area contributed by atoms with Crippen molar-refractivity contribution in [3.8, 4) is 0 Å². The lowest BCUT2D eigenvalue weighted by molar-refractivity contribution is -0.120. The molecule has 1 saturated heterocycles. The van der Waals surface area contributed by atoms with Crippen LogP contribution in [0.2, 0.25) is 0 Å². The van der Waals surface area contributed by atoms with E-state index in [4.69, 9.17) is 0 Å². The predicted octanol–water partition coefficient (Wildman–Crippen LogP) is 3.94. The van der Waals surface area contributed by atoms with Crippen molar-refractivity contribution in [3.63, 3.8) is 0 Å². The SMILES string of the molecule is CC(C)c1ccc(NC(=O)C2CCC(=O)N2c2ccccc2)cc1. The summed E-state index contributed by atoms with van der Waals surface area (Å²) in [7, 11) is 0. The van der Waals surface area contributed by atoms with Crippen LogP contribution in [-0.2, 0) is 9.59 Å². The van der Waals surface area contributed by atoms with Crippen molar-refractivity contribution in [2.45, 2.75) is 38.6 Å². The number of carbonyl (C=O) groups excluding carboxylic acids is 2. The Kier molecular flexibility index (Phi) is 4.65. The minimum atomic E-state index is -0.454. The zero-order valence-electron chi connectivity index (χ0n) is 14.0. The second-order valence-corrected chi connectivity index (χ2v) is 6.42. The molecule has 24 heavy (non-hydrogen) atoms. The molecular formula is C20H22N2O2. The van der Waals surface area contributed by atoms with Crippen LogP contribution in [0.5, 0.6) is 0 Å². The minimum Gasteiger partial charge on any atom is -0.324 e. The van der Waals surface area contributed by atoms with E-state index in [-0.39, 0.29) is 11.8 Å². The Balaban J connectivity index is 1.75. The maximum atomic E-state index is 12.7. The van der Waals surface area contributed by atoms with Crippen LogP contribution in [-0.4, -0.2) is 17.9 Å². The first-order chi connectivity index (χ1) is 11.6. The number of para-hydroxylation sites is 1. The quantitative estimate of drug-likeness (QED) is 0.927. The fourth-order valence-electron chi connectivity index (χ4n) is 3.02. The van der Waals surface area contributed by atoms with Crippen LogP contribution in [0.1, 0.15) is 38.2 Å². The fourth-order valence-corrected chi connectivity index (χ4v) is 3.02. The topological polar surface area (TPSA) is 49.4 Å². The van der Waals surface area contributed by atoms with Gasteiger partial charge < -0.3 is 5.32 Å². The van der Waals surface area contributed by atoms with Crippen molar-refractivity contribution in [3.05, 3.63) is 60.2 Å². The first-order valence-electron chi connectivity index (χ1n) is 8.34. The van der Waals surface area contributed by atoms with Crippen LogP contribution < -0.4 is 10.2 Å². The van der Waals surface area contributed by atoms with E-state index in [1.165, 1.54) is 5.56 Å². The summed E-state index contributed by atoms with van der Waals surface area (Å²) in [5, 5.41) is 2.94. The molecule has 1 fully saturated rings. The van der Waals surface area contributed by atoms with E-state index >= 15 is 0 Å². The molecule has 1 heterocycles. The van der Waals surface area contributed by atoms with E-state index in [2.05, 4.69) is 19.2 Å². The van der Waals surface area contributed by atoms with Gasteiger partial charge in [-0.05, 0) is 42.2 Å². The largest absolute Gasteiger partial charge is 0.324 e. The highest BCUT2D eigenvalue weighted by molar-refractivity contribution is 6.07. The lowest BCUT2D eigenvalue weighted by atomic mass is 10.0. The second kappa shape index (κ2) is 6.87. The molecule has 3 rings (SSSR count). The normalized spacial score (nSPS) is 17.4. The van der Waals surface area contributed by atoms with Crippen molar-refractivity contribution >= 4 is 23.2 Å². The highest BCUT2D eigenvalue weighted by atomic mass is 16.2. The molecule has 4 heteroatoms. The number of anilines is 2. The van der Waals surface area contributed by atoms with Gasteiger partial charge in [-0.2, -0.15) is 0 Å². The van der Waals surface area contributed by atoms with E-state index in [0.29, 0.717) is 18.8 Å². The molecule has 1 atom stereocenters. The summed E-state index contributed by atoms with van der Waals surface area (Å²) in [5.74, 6) is 0.314. The Hall–Kier alpha value is -2.62. The molecule has 0 aliphatic carbocycles. The number of hydrogen-bond acceptors (Lipinski definition) is 2. The zero-order valence-corrected chi connectivity index (χ0v) is 14.0. The van der Waals surface area contributed by atoms with Gasteiger partial charge in [-0.15, -0.1) is 0 Å². The van der Waals surface area contributed by atoms with E-state index in [0.717, 1.165) is 11.4 Å². The summed E-state index contributed by atoms with van der Waals surface area (Å²) in [6, 6.07) is 16.8. The van der Waals surface area contributed by atoms with E-state index in [9.17, 15) is 9.59 Å². The highest BCUT2D eigenvalue weighted by Gasteiger charge is 2.36. The molecule has 0 aromatic heterocycles. The zero-order chi connectivity index (χ0) is 17.1. The average molecular weight is 322 g/mol. The summed E-state index contributed by atoms with van der Waals surface area (Å²) in [6.45, 7) is 4.27. The van der Waals surface area contributed by atoms with Crippen LogP contribution in [0, 0.1) is 0 Å². The number of hydrogen-bond donors (Lipinski definition) is 1. The molecule has 0 spiro atoms. The second-order valence-electron chi connectivity index (χ2n) is 6.42. The molecule has 0 saturated carbocycles. The van der Waals surface area contributed by atoms with Crippen LogP contribution >= 0.6 is 0 Å². The average Bonchev–Trinajstić information content (AvgIpc) is 2.98. The van der Waals surface area contributed by atoms with Crippen LogP contribution in [0.4, 0.5) is 11.4 Å². The van der Waals surface area contributed by atoms with Crippen LogP contribution in [0.15, 0.2) is 54.6 Å². The van der Waals surface area contributed by atoms with Gasteiger partial charge in [-0.25, -0.2) is 0 Å². The van der Waals surface area contributed by atoms with Gasteiger partial charge in [0.2, 0.25) is 11.8 Å². The first kappa shape index (κ1) is 16.2. The van der Waals surface area contributed by atoms with Gasteiger partial charge in [0, 0.05) is 17.8 Å². The summed E-state index contributed by atoms with van der Waals surface area (Å²) >= 11 is 0. The number of rotatable bonds is 4. The molecule has 124 valence electrons. The van der Waals surface area contributed by atoms with Crippen molar-refractivity contribution in [1.82, 2.24) is 0 Å². The Bertz CT molecular complexity index is 723. The molecule has 1 aliphatic heterocycles. The standard InChI is InChI=1S/C20H22N2O2/c1-14(2)15-8-10-16(11-9-15)21-20(24)18-12-13-19(23)22(18)17-6-4-3-5-7-17/h3-11,14,18H,12-13H2,1-2H3,(H,21,24). The van der Waals surface area contributed by atoms with Crippen molar-refractivity contribution in [1.29, 1.82) is 0 Å². The first-order valence-corrected chi connectivity index (χ1v) is 8.34. The van der Waals surface area contributed by atoms with Gasteiger partial charge in [0.1, 0.15) is 6.04 Å². The van der Waals surface area contributed by atoms with Crippen molar-refractivity contribution < 1.29 is 9.59 Å². The summed E-state index contributed by atoms with van der Waals surface area (Å²) in [4.78, 5) is 26.5. The third-order valence-electron chi connectivity index (χ3n) is 4.39. The number of benzene rings is 2. The van der Waals surface area contributed by atoms with Gasteiger partial charge in [0.05, 0.1) is 0 Å². The number of carbonyl (C=O) groups is 2. The summed E-state index contributed by atoms with van der Waals surface area (Å²) < 4.78 is 0. The number of amides is 2. The number of nitrogens with zero attached hydrogens (tertiary/aromatic N) is 1. The summed E-state index contributed by atoms with van der Waals surface area (Å²) in [6.07, 6.45) is 0.947. The lowest BCUT2D eigenvalue weighted by Crippen LogP contribution is -2.41. The molecule has 0 radical (unpaired) electrons. The maximum Gasteiger partial charge on any atom is 0.247 e. The molecule has 0 bridgehead atoms. The minimum absolute atomic E-state index is 0.00324. The monoisotopic (exact) mass is 322 g/mol.